The first-order chi connectivity index (χ1) is 10.8. The molecule has 22 heavy (non-hydrogen) atoms. The summed E-state index contributed by atoms with van der Waals surface area (Å²) in [6, 6.07) is 0. The lowest BCUT2D eigenvalue weighted by molar-refractivity contribution is 0.174. The van der Waals surface area contributed by atoms with Gasteiger partial charge in [0, 0.05) is 26.6 Å². The summed E-state index contributed by atoms with van der Waals surface area (Å²) in [4.78, 5) is 4.25. The maximum atomic E-state index is 5.17. The van der Waals surface area contributed by atoms with Crippen LogP contribution in [-0.4, -0.2) is 45.1 Å². The van der Waals surface area contributed by atoms with E-state index in [1.54, 1.807) is 18.9 Å². The van der Waals surface area contributed by atoms with Gasteiger partial charge in [-0.3, -0.25) is 0 Å². The quantitative estimate of drug-likeness (QED) is 0.790. The molecule has 1 N–H and O–H groups in total. The molecule has 0 aromatic carbocycles. The van der Waals surface area contributed by atoms with Crippen molar-refractivity contribution in [1.82, 2.24) is 30.2 Å². The van der Waals surface area contributed by atoms with Crippen LogP contribution in [0.3, 0.4) is 0 Å². The molecule has 3 rings (SSSR count). The molecule has 2 aromatic rings. The predicted molar refractivity (Wildman–Crippen MR) is 80.4 cm³/mol. The third-order valence-corrected chi connectivity index (χ3v) is 4.64. The fraction of sp³-hybridized carbons (Fsp3) is 0.692. The Kier molecular flexibility index (Phi) is 5.06. The van der Waals surface area contributed by atoms with Gasteiger partial charge in [0.05, 0.1) is 5.75 Å². The Balaban J connectivity index is 1.61. The zero-order chi connectivity index (χ0) is 15.4. The Labute approximate surface area is 133 Å². The highest BCUT2D eigenvalue weighted by Gasteiger charge is 2.22. The van der Waals surface area contributed by atoms with Crippen LogP contribution in [0.5, 0.6) is 0 Å². The van der Waals surface area contributed by atoms with E-state index in [-0.39, 0.29) is 0 Å². The van der Waals surface area contributed by atoms with E-state index in [0.29, 0.717) is 30.0 Å². The molecule has 0 spiro atoms. The van der Waals surface area contributed by atoms with Gasteiger partial charge in [-0.2, -0.15) is 4.98 Å². The summed E-state index contributed by atoms with van der Waals surface area (Å²) >= 11 is 1.55. The maximum absolute atomic E-state index is 5.17. The Morgan fingerprint density at radius 1 is 1.45 bits per heavy atom. The van der Waals surface area contributed by atoms with Gasteiger partial charge in [0.1, 0.15) is 12.4 Å². The third kappa shape index (κ3) is 3.47. The number of rotatable bonds is 6. The molecule has 0 saturated carbocycles. The van der Waals surface area contributed by atoms with Gasteiger partial charge < -0.3 is 19.1 Å². The van der Waals surface area contributed by atoms with Crippen LogP contribution < -0.4 is 5.32 Å². The number of aromatic nitrogens is 5. The van der Waals surface area contributed by atoms with Gasteiger partial charge in [-0.1, -0.05) is 16.9 Å². The number of hydrogen-bond donors (Lipinski definition) is 1. The molecule has 0 radical (unpaired) electrons. The lowest BCUT2D eigenvalue weighted by atomic mass is 9.99. The SMILES string of the molecule is COCc1noc(CSc2nnc([C@@H]3CCCNC3)n2C)n1. The van der Waals surface area contributed by atoms with Crippen LogP contribution in [0.1, 0.15) is 36.3 Å². The molecule has 3 heterocycles. The number of thioether (sulfide) groups is 1. The van der Waals surface area contributed by atoms with E-state index in [9.17, 15) is 0 Å². The van der Waals surface area contributed by atoms with Crippen molar-refractivity contribution in [3.05, 3.63) is 17.5 Å². The molecule has 120 valence electrons. The molecule has 0 amide bonds. The van der Waals surface area contributed by atoms with Gasteiger partial charge in [-0.25, -0.2) is 0 Å². The molecular weight excluding hydrogens is 304 g/mol. The van der Waals surface area contributed by atoms with E-state index >= 15 is 0 Å². The lowest BCUT2D eigenvalue weighted by Crippen LogP contribution is -2.29. The maximum Gasteiger partial charge on any atom is 0.237 e. The van der Waals surface area contributed by atoms with Gasteiger partial charge in [0.2, 0.25) is 5.89 Å². The van der Waals surface area contributed by atoms with Crippen molar-refractivity contribution in [2.24, 2.45) is 7.05 Å². The normalized spacial score (nSPS) is 18.7. The summed E-state index contributed by atoms with van der Waals surface area (Å²) in [7, 11) is 3.61. The van der Waals surface area contributed by atoms with Crippen molar-refractivity contribution in [3.63, 3.8) is 0 Å². The fourth-order valence-electron chi connectivity index (χ4n) is 2.54. The van der Waals surface area contributed by atoms with E-state index in [1.807, 2.05) is 7.05 Å². The fourth-order valence-corrected chi connectivity index (χ4v) is 3.30. The van der Waals surface area contributed by atoms with Gasteiger partial charge in [-0.05, 0) is 19.4 Å². The Morgan fingerprint density at radius 2 is 2.36 bits per heavy atom. The first-order valence-corrected chi connectivity index (χ1v) is 8.29. The van der Waals surface area contributed by atoms with Crippen molar-refractivity contribution >= 4 is 11.8 Å². The van der Waals surface area contributed by atoms with Crippen LogP contribution in [0, 0.1) is 0 Å². The molecule has 9 heteroatoms. The second-order valence-corrected chi connectivity index (χ2v) is 6.21. The van der Waals surface area contributed by atoms with Crippen LogP contribution in [0.4, 0.5) is 0 Å². The average molecular weight is 324 g/mol. The van der Waals surface area contributed by atoms with Crippen molar-refractivity contribution in [1.29, 1.82) is 0 Å². The largest absolute Gasteiger partial charge is 0.377 e. The second kappa shape index (κ2) is 7.21. The standard InChI is InChI=1S/C13H20N6O2S/c1-19-12(9-4-3-5-14-6-9)16-17-13(19)22-8-11-15-10(7-20-2)18-21-11/h9,14H,3-8H2,1-2H3/t9-/m1/s1. The summed E-state index contributed by atoms with van der Waals surface area (Å²) in [5, 5.41) is 16.8. The number of nitrogens with zero attached hydrogens (tertiary/aromatic N) is 5. The highest BCUT2D eigenvalue weighted by atomic mass is 32.2. The third-order valence-electron chi connectivity index (χ3n) is 3.64. The van der Waals surface area contributed by atoms with Gasteiger partial charge >= 0.3 is 0 Å². The minimum Gasteiger partial charge on any atom is -0.377 e. The number of piperidine rings is 1. The lowest BCUT2D eigenvalue weighted by Gasteiger charge is -2.21. The molecular formula is C13H20N6O2S. The Hall–Kier alpha value is -1.45. The van der Waals surface area contributed by atoms with Crippen LogP contribution in [-0.2, 0) is 24.1 Å². The number of methoxy groups -OCH3 is 1. The molecule has 1 aliphatic rings. The first-order valence-electron chi connectivity index (χ1n) is 7.31. The van der Waals surface area contributed by atoms with E-state index in [2.05, 4.69) is 30.2 Å². The van der Waals surface area contributed by atoms with Gasteiger partial charge in [-0.15, -0.1) is 10.2 Å². The average Bonchev–Trinajstić information content (AvgIpc) is 3.13. The first kappa shape index (κ1) is 15.4. The monoisotopic (exact) mass is 324 g/mol. The minimum absolute atomic E-state index is 0.358. The highest BCUT2D eigenvalue weighted by Crippen LogP contribution is 2.26. The summed E-state index contributed by atoms with van der Waals surface area (Å²) < 4.78 is 12.2. The molecule has 0 bridgehead atoms. The number of ether oxygens (including phenoxy) is 1. The van der Waals surface area contributed by atoms with E-state index in [4.69, 9.17) is 9.26 Å². The molecule has 1 aliphatic heterocycles. The van der Waals surface area contributed by atoms with Crippen LogP contribution in [0.2, 0.25) is 0 Å². The van der Waals surface area contributed by atoms with Crippen LogP contribution in [0.15, 0.2) is 9.68 Å². The van der Waals surface area contributed by atoms with E-state index in [0.717, 1.165) is 30.5 Å². The smallest absolute Gasteiger partial charge is 0.237 e. The summed E-state index contributed by atoms with van der Waals surface area (Å²) in [5.74, 6) is 3.19. The predicted octanol–water partition coefficient (Wildman–Crippen LogP) is 1.10. The van der Waals surface area contributed by atoms with Gasteiger partial charge in [0.25, 0.3) is 0 Å². The molecule has 0 unspecified atom stereocenters. The van der Waals surface area contributed by atoms with Crippen LogP contribution >= 0.6 is 11.8 Å². The van der Waals surface area contributed by atoms with Gasteiger partial charge in [0.15, 0.2) is 11.0 Å². The molecule has 0 aliphatic carbocycles. The zero-order valence-electron chi connectivity index (χ0n) is 12.8. The molecule has 1 saturated heterocycles. The van der Waals surface area contributed by atoms with E-state index < -0.39 is 0 Å². The van der Waals surface area contributed by atoms with Crippen molar-refractivity contribution in [2.45, 2.75) is 36.3 Å². The molecule has 8 nitrogen and oxygen atoms in total. The molecule has 2 aromatic heterocycles. The number of hydrogen-bond acceptors (Lipinski definition) is 8. The van der Waals surface area contributed by atoms with Crippen molar-refractivity contribution in [3.8, 4) is 0 Å². The van der Waals surface area contributed by atoms with Crippen molar-refractivity contribution in [2.75, 3.05) is 20.2 Å². The summed E-state index contributed by atoms with van der Waals surface area (Å²) in [6.07, 6.45) is 2.35. The van der Waals surface area contributed by atoms with E-state index in [1.165, 1.54) is 6.42 Å². The van der Waals surface area contributed by atoms with Crippen LogP contribution in [0.25, 0.3) is 0 Å². The summed E-state index contributed by atoms with van der Waals surface area (Å²) in [5.41, 5.74) is 0. The topological polar surface area (TPSA) is 90.9 Å². The van der Waals surface area contributed by atoms with Crippen molar-refractivity contribution < 1.29 is 9.26 Å². The molecule has 1 atom stereocenters. The minimum atomic E-state index is 0.358. The Morgan fingerprint density at radius 3 is 3.14 bits per heavy atom. The zero-order valence-corrected chi connectivity index (χ0v) is 13.6. The second-order valence-electron chi connectivity index (χ2n) is 5.27. The number of nitrogens with one attached hydrogen (secondary N) is 1. The molecule has 1 fully saturated rings. The summed E-state index contributed by atoms with van der Waals surface area (Å²) in [6.45, 7) is 2.43. The highest BCUT2D eigenvalue weighted by molar-refractivity contribution is 7.98. The Bertz CT molecular complexity index is 607.